The Bertz CT molecular complexity index is 877. The van der Waals surface area contributed by atoms with Gasteiger partial charge in [0.15, 0.2) is 0 Å². The topological polar surface area (TPSA) is 127 Å². The molecule has 26 heavy (non-hydrogen) atoms. The van der Waals surface area contributed by atoms with E-state index in [1.54, 1.807) is 11.1 Å². The fourth-order valence-electron chi connectivity index (χ4n) is 4.21. The summed E-state index contributed by atoms with van der Waals surface area (Å²) in [6.07, 6.45) is 7.63. The second-order valence-corrected chi connectivity index (χ2v) is 7.41. The second kappa shape index (κ2) is 5.41. The Morgan fingerprint density at radius 1 is 1.35 bits per heavy atom. The van der Waals surface area contributed by atoms with Gasteiger partial charge < -0.3 is 15.5 Å². The molecule has 4 N–H and O–H groups in total. The van der Waals surface area contributed by atoms with Crippen LogP contribution in [0.1, 0.15) is 44.1 Å². The first-order chi connectivity index (χ1) is 12.6. The number of anilines is 3. The van der Waals surface area contributed by atoms with Crippen molar-refractivity contribution >= 4 is 23.4 Å². The van der Waals surface area contributed by atoms with Gasteiger partial charge in [0, 0.05) is 24.0 Å². The minimum absolute atomic E-state index is 0.0324. The number of nitrogens with one attached hydrogen (secondary N) is 2. The molecular formula is C17H20N6O3. The van der Waals surface area contributed by atoms with E-state index < -0.39 is 5.41 Å². The number of hydrogen-bond donors (Lipinski definition) is 4. The van der Waals surface area contributed by atoms with Crippen LogP contribution in [0.2, 0.25) is 0 Å². The van der Waals surface area contributed by atoms with Gasteiger partial charge in [0.1, 0.15) is 11.5 Å². The third-order valence-electron chi connectivity index (χ3n) is 5.74. The van der Waals surface area contributed by atoms with Crippen molar-refractivity contribution in [2.75, 3.05) is 10.2 Å². The molecule has 2 aromatic heterocycles. The maximum absolute atomic E-state index is 13.1. The number of hydrogen-bond acceptors (Lipinski definition) is 7. The molecule has 3 aliphatic rings. The van der Waals surface area contributed by atoms with E-state index in [0.717, 1.165) is 37.7 Å². The van der Waals surface area contributed by atoms with Crippen LogP contribution in [0.5, 0.6) is 5.88 Å². The van der Waals surface area contributed by atoms with Crippen molar-refractivity contribution in [3.63, 3.8) is 0 Å². The van der Waals surface area contributed by atoms with E-state index in [2.05, 4.69) is 25.5 Å². The molecule has 2 saturated carbocycles. The van der Waals surface area contributed by atoms with E-state index in [1.807, 2.05) is 0 Å². The quantitative estimate of drug-likeness (QED) is 0.653. The van der Waals surface area contributed by atoms with Crippen molar-refractivity contribution in [1.29, 1.82) is 0 Å². The molecule has 2 atom stereocenters. The van der Waals surface area contributed by atoms with Crippen molar-refractivity contribution in [2.24, 2.45) is 0 Å². The minimum Gasteiger partial charge on any atom is -0.491 e. The Hall–Kier alpha value is -2.68. The number of aliphatic hydroxyl groups excluding tert-OH is 1. The van der Waals surface area contributed by atoms with Crippen molar-refractivity contribution in [3.05, 3.63) is 18.0 Å². The first kappa shape index (κ1) is 15.6. The van der Waals surface area contributed by atoms with Gasteiger partial charge >= 0.3 is 0 Å². The third-order valence-corrected chi connectivity index (χ3v) is 5.74. The number of nitrogens with zero attached hydrogens (tertiary/aromatic N) is 4. The maximum atomic E-state index is 13.1. The van der Waals surface area contributed by atoms with Gasteiger partial charge in [-0.25, -0.2) is 4.98 Å². The number of aromatic nitrogens is 4. The molecule has 0 unspecified atom stereocenters. The summed E-state index contributed by atoms with van der Waals surface area (Å²) >= 11 is 0. The fraction of sp³-hybridized carbons (Fsp3) is 0.529. The van der Waals surface area contributed by atoms with Crippen LogP contribution < -0.4 is 10.2 Å². The lowest BCUT2D eigenvalue weighted by molar-refractivity contribution is -0.121. The van der Waals surface area contributed by atoms with Gasteiger partial charge in [0.2, 0.25) is 11.9 Å². The molecule has 3 heterocycles. The molecule has 2 aliphatic carbocycles. The molecule has 0 saturated heterocycles. The van der Waals surface area contributed by atoms with Crippen LogP contribution in [0.25, 0.3) is 0 Å². The Balaban J connectivity index is 1.52. The third kappa shape index (κ3) is 2.20. The number of fused-ring (bicyclic) bond motifs is 2. The number of rotatable bonds is 3. The van der Waals surface area contributed by atoms with Crippen molar-refractivity contribution in [2.45, 2.75) is 56.1 Å². The summed E-state index contributed by atoms with van der Waals surface area (Å²) in [5.41, 5.74) is 0.785. The van der Waals surface area contributed by atoms with Gasteiger partial charge in [-0.1, -0.05) is 0 Å². The van der Waals surface area contributed by atoms with Gasteiger partial charge in [0.25, 0.3) is 5.88 Å². The highest BCUT2D eigenvalue weighted by atomic mass is 16.3. The van der Waals surface area contributed by atoms with Gasteiger partial charge in [-0.3, -0.25) is 14.8 Å². The number of aromatic amines is 1. The van der Waals surface area contributed by atoms with E-state index >= 15 is 0 Å². The number of amides is 1. The molecule has 136 valence electrons. The maximum Gasteiger partial charge on any atom is 0.254 e. The summed E-state index contributed by atoms with van der Waals surface area (Å²) in [5, 5.41) is 28.9. The monoisotopic (exact) mass is 356 g/mol. The molecule has 1 aliphatic heterocycles. The molecule has 0 aromatic carbocycles. The number of carbonyl (C=O) groups is 1. The predicted octanol–water partition coefficient (Wildman–Crippen LogP) is 1.33. The number of aromatic hydroxyl groups is 1. The van der Waals surface area contributed by atoms with Crippen molar-refractivity contribution in [3.8, 4) is 5.88 Å². The van der Waals surface area contributed by atoms with Crippen LogP contribution in [0, 0.1) is 0 Å². The van der Waals surface area contributed by atoms with E-state index in [0.29, 0.717) is 23.9 Å². The van der Waals surface area contributed by atoms with Gasteiger partial charge in [-0.05, 0) is 38.5 Å². The lowest BCUT2D eigenvalue weighted by Gasteiger charge is -2.33. The molecule has 0 bridgehead atoms. The average molecular weight is 356 g/mol. The molecular weight excluding hydrogens is 336 g/mol. The normalized spacial score (nSPS) is 26.2. The Morgan fingerprint density at radius 2 is 2.19 bits per heavy atom. The second-order valence-electron chi connectivity index (χ2n) is 7.41. The molecule has 1 spiro atoms. The zero-order valence-electron chi connectivity index (χ0n) is 14.1. The largest absolute Gasteiger partial charge is 0.491 e. The average Bonchev–Trinajstić information content (AvgIpc) is 3.28. The number of H-pyrrole nitrogens is 1. The van der Waals surface area contributed by atoms with Crippen molar-refractivity contribution in [1.82, 2.24) is 20.2 Å². The van der Waals surface area contributed by atoms with Gasteiger partial charge in [-0.2, -0.15) is 4.98 Å². The SMILES string of the molecule is O=C1N([C@@H]2CCC[C@@H](O)C2)c2nc(Nc3c[nH]nc3O)ncc2C12CC2. The van der Waals surface area contributed by atoms with Crippen LogP contribution in [0.15, 0.2) is 12.4 Å². The minimum atomic E-state index is -0.464. The number of carbonyl (C=O) groups excluding carboxylic acids is 1. The standard InChI is InChI=1S/C17H20N6O3/c24-10-3-1-2-9(6-10)23-13-11(17(4-5-17)15(23)26)7-18-16(21-13)20-12-8-19-22-14(12)25/h7-10,24H,1-6H2,(H,18,20,21)(H2,19,22,25)/t9-,10-/m1/s1. The molecule has 2 fully saturated rings. The van der Waals surface area contributed by atoms with E-state index in [9.17, 15) is 15.0 Å². The predicted molar refractivity (Wildman–Crippen MR) is 92.2 cm³/mol. The lowest BCUT2D eigenvalue weighted by Crippen LogP contribution is -2.44. The summed E-state index contributed by atoms with van der Waals surface area (Å²) in [7, 11) is 0. The van der Waals surface area contributed by atoms with Gasteiger partial charge in [-0.15, -0.1) is 5.10 Å². The zero-order chi connectivity index (χ0) is 17.9. The molecule has 5 rings (SSSR count). The molecule has 9 heteroatoms. The van der Waals surface area contributed by atoms with Crippen LogP contribution >= 0.6 is 0 Å². The highest BCUT2D eigenvalue weighted by Crippen LogP contribution is 2.57. The summed E-state index contributed by atoms with van der Waals surface area (Å²) in [6, 6.07) is -0.0324. The summed E-state index contributed by atoms with van der Waals surface area (Å²) in [5.74, 6) is 0.847. The number of aliphatic hydroxyl groups is 1. The highest BCUT2D eigenvalue weighted by Gasteiger charge is 2.61. The lowest BCUT2D eigenvalue weighted by atomic mass is 9.92. The van der Waals surface area contributed by atoms with Crippen LogP contribution in [0.3, 0.4) is 0 Å². The van der Waals surface area contributed by atoms with E-state index in [-0.39, 0.29) is 23.9 Å². The Labute approximate surface area is 149 Å². The first-order valence-corrected chi connectivity index (χ1v) is 8.97. The molecule has 1 amide bonds. The highest BCUT2D eigenvalue weighted by molar-refractivity contribution is 6.09. The zero-order valence-corrected chi connectivity index (χ0v) is 14.1. The van der Waals surface area contributed by atoms with Crippen LogP contribution in [-0.2, 0) is 10.2 Å². The molecule has 0 radical (unpaired) electrons. The molecule has 9 nitrogen and oxygen atoms in total. The van der Waals surface area contributed by atoms with E-state index in [1.165, 1.54) is 6.20 Å². The Morgan fingerprint density at radius 3 is 2.88 bits per heavy atom. The smallest absolute Gasteiger partial charge is 0.254 e. The fourth-order valence-corrected chi connectivity index (χ4v) is 4.21. The summed E-state index contributed by atoms with van der Waals surface area (Å²) in [4.78, 5) is 23.8. The summed E-state index contributed by atoms with van der Waals surface area (Å²) in [6.45, 7) is 0. The van der Waals surface area contributed by atoms with Crippen LogP contribution in [0.4, 0.5) is 17.5 Å². The van der Waals surface area contributed by atoms with E-state index in [4.69, 9.17) is 0 Å². The Kier molecular flexibility index (Phi) is 3.24. The van der Waals surface area contributed by atoms with Crippen molar-refractivity contribution < 1.29 is 15.0 Å². The molecule has 2 aromatic rings. The first-order valence-electron chi connectivity index (χ1n) is 8.97. The summed E-state index contributed by atoms with van der Waals surface area (Å²) < 4.78 is 0. The van der Waals surface area contributed by atoms with Crippen LogP contribution in [-0.4, -0.2) is 48.4 Å². The van der Waals surface area contributed by atoms with Gasteiger partial charge in [0.05, 0.1) is 11.5 Å².